The molecule has 0 saturated carbocycles. The van der Waals surface area contributed by atoms with E-state index in [2.05, 4.69) is 27.6 Å². The Bertz CT molecular complexity index is 340. The molecule has 0 spiro atoms. The normalized spacial score (nSPS) is 23.1. The van der Waals surface area contributed by atoms with Crippen molar-refractivity contribution in [3.05, 3.63) is 11.9 Å². The zero-order valence-corrected chi connectivity index (χ0v) is 9.70. The smallest absolute Gasteiger partial charge is 0.275 e. The molecule has 1 amide bonds. The highest BCUT2D eigenvalue weighted by atomic mass is 32.1. The van der Waals surface area contributed by atoms with E-state index in [0.29, 0.717) is 5.69 Å². The Morgan fingerprint density at radius 3 is 3.00 bits per heavy atom. The van der Waals surface area contributed by atoms with E-state index in [1.165, 1.54) is 6.20 Å². The first-order valence-electron chi connectivity index (χ1n) is 4.95. The minimum Gasteiger partial charge on any atom is -0.332 e. The summed E-state index contributed by atoms with van der Waals surface area (Å²) in [7, 11) is 2.07. The Kier molecular flexibility index (Phi) is 2.97. The first-order valence-corrected chi connectivity index (χ1v) is 5.68. The lowest BCUT2D eigenvalue weighted by Crippen LogP contribution is -2.52. The Labute approximate surface area is 93.0 Å². The van der Waals surface area contributed by atoms with Gasteiger partial charge in [-0.15, -0.1) is 0 Å². The van der Waals surface area contributed by atoms with Gasteiger partial charge in [-0.1, -0.05) is 0 Å². The van der Waals surface area contributed by atoms with Gasteiger partial charge in [0.05, 0.1) is 17.9 Å². The number of piperazine rings is 1. The lowest BCUT2D eigenvalue weighted by atomic mass is 10.2. The molecule has 1 aliphatic rings. The molecular formula is C9H14N4OS. The van der Waals surface area contributed by atoms with Crippen LogP contribution in [0.25, 0.3) is 0 Å². The van der Waals surface area contributed by atoms with Crippen LogP contribution in [0.4, 0.5) is 0 Å². The van der Waals surface area contributed by atoms with E-state index in [0.717, 1.165) is 31.4 Å². The van der Waals surface area contributed by atoms with E-state index in [-0.39, 0.29) is 11.9 Å². The molecule has 1 saturated heterocycles. The Hall–Kier alpha value is -1.01. The molecule has 1 atom stereocenters. The second-order valence-electron chi connectivity index (χ2n) is 3.90. The van der Waals surface area contributed by atoms with Crippen LogP contribution in [0, 0.1) is 0 Å². The maximum atomic E-state index is 12.0. The van der Waals surface area contributed by atoms with E-state index in [1.54, 1.807) is 0 Å². The molecule has 0 N–H and O–H groups in total. The fourth-order valence-corrected chi connectivity index (χ4v) is 2.25. The molecule has 1 fully saturated rings. The number of carbonyl (C=O) groups is 1. The van der Waals surface area contributed by atoms with Crippen LogP contribution < -0.4 is 0 Å². The second kappa shape index (κ2) is 4.24. The van der Waals surface area contributed by atoms with Crippen molar-refractivity contribution in [3.8, 4) is 0 Å². The minimum atomic E-state index is 0.00403. The quantitative estimate of drug-likeness (QED) is 0.691. The lowest BCUT2D eigenvalue weighted by Gasteiger charge is -2.37. The summed E-state index contributed by atoms with van der Waals surface area (Å²) in [4.78, 5) is 16.1. The SMILES string of the molecule is CC1CN(C)CCN1C(=O)c1cnsn1. The topological polar surface area (TPSA) is 49.3 Å². The van der Waals surface area contributed by atoms with Gasteiger partial charge in [0.1, 0.15) is 0 Å². The van der Waals surface area contributed by atoms with Crippen molar-refractivity contribution in [3.63, 3.8) is 0 Å². The monoisotopic (exact) mass is 226 g/mol. The van der Waals surface area contributed by atoms with Gasteiger partial charge in [0, 0.05) is 25.7 Å². The van der Waals surface area contributed by atoms with Gasteiger partial charge in [-0.2, -0.15) is 8.75 Å². The van der Waals surface area contributed by atoms with Crippen LogP contribution in [-0.2, 0) is 0 Å². The number of carbonyl (C=O) groups excluding carboxylic acids is 1. The number of amides is 1. The number of aromatic nitrogens is 2. The number of hydrogen-bond donors (Lipinski definition) is 0. The molecule has 0 bridgehead atoms. The number of hydrogen-bond acceptors (Lipinski definition) is 5. The van der Waals surface area contributed by atoms with Crippen LogP contribution in [0.15, 0.2) is 6.20 Å². The van der Waals surface area contributed by atoms with Crippen molar-refractivity contribution in [2.24, 2.45) is 0 Å². The zero-order valence-electron chi connectivity index (χ0n) is 8.88. The highest BCUT2D eigenvalue weighted by molar-refractivity contribution is 6.99. The number of nitrogens with zero attached hydrogens (tertiary/aromatic N) is 4. The van der Waals surface area contributed by atoms with Gasteiger partial charge < -0.3 is 9.80 Å². The standard InChI is InChI=1S/C9H14N4OS/c1-7-6-12(2)3-4-13(7)9(14)8-5-10-15-11-8/h5,7H,3-4,6H2,1-2H3. The highest BCUT2D eigenvalue weighted by Gasteiger charge is 2.27. The van der Waals surface area contributed by atoms with Gasteiger partial charge in [-0.25, -0.2) is 0 Å². The summed E-state index contributed by atoms with van der Waals surface area (Å²) < 4.78 is 7.82. The average Bonchev–Trinajstić information content (AvgIpc) is 2.69. The molecule has 5 nitrogen and oxygen atoms in total. The van der Waals surface area contributed by atoms with Gasteiger partial charge >= 0.3 is 0 Å². The molecular weight excluding hydrogens is 212 g/mol. The predicted octanol–water partition coefficient (Wildman–Crippen LogP) is 0.314. The van der Waals surface area contributed by atoms with Crippen LogP contribution in [-0.4, -0.2) is 57.2 Å². The Balaban J connectivity index is 2.08. The van der Waals surface area contributed by atoms with Crippen LogP contribution in [0.1, 0.15) is 17.4 Å². The maximum Gasteiger partial charge on any atom is 0.275 e. The van der Waals surface area contributed by atoms with Gasteiger partial charge in [0.2, 0.25) is 0 Å². The summed E-state index contributed by atoms with van der Waals surface area (Å²) >= 11 is 1.08. The third-order valence-electron chi connectivity index (χ3n) is 2.67. The van der Waals surface area contributed by atoms with Gasteiger partial charge in [-0.3, -0.25) is 4.79 Å². The van der Waals surface area contributed by atoms with Crippen LogP contribution in [0.5, 0.6) is 0 Å². The van der Waals surface area contributed by atoms with E-state index < -0.39 is 0 Å². The van der Waals surface area contributed by atoms with Crippen LogP contribution in [0.3, 0.4) is 0 Å². The van der Waals surface area contributed by atoms with E-state index in [1.807, 2.05) is 4.90 Å². The Morgan fingerprint density at radius 2 is 2.40 bits per heavy atom. The lowest BCUT2D eigenvalue weighted by molar-refractivity contribution is 0.0529. The van der Waals surface area contributed by atoms with Crippen molar-refractivity contribution in [1.29, 1.82) is 0 Å². The predicted molar refractivity (Wildman–Crippen MR) is 57.9 cm³/mol. The summed E-state index contributed by atoms with van der Waals surface area (Å²) in [5.41, 5.74) is 0.469. The van der Waals surface area contributed by atoms with Crippen molar-refractivity contribution in [2.75, 3.05) is 26.7 Å². The molecule has 0 aliphatic carbocycles. The molecule has 0 radical (unpaired) electrons. The van der Waals surface area contributed by atoms with Gasteiger partial charge in [-0.05, 0) is 14.0 Å². The van der Waals surface area contributed by atoms with Gasteiger partial charge in [0.15, 0.2) is 5.69 Å². The van der Waals surface area contributed by atoms with Crippen molar-refractivity contribution in [1.82, 2.24) is 18.5 Å². The van der Waals surface area contributed by atoms with Crippen molar-refractivity contribution < 1.29 is 4.79 Å². The second-order valence-corrected chi connectivity index (χ2v) is 4.46. The molecule has 15 heavy (non-hydrogen) atoms. The molecule has 2 rings (SSSR count). The molecule has 6 heteroatoms. The summed E-state index contributed by atoms with van der Waals surface area (Å²) in [6.45, 7) is 4.68. The highest BCUT2D eigenvalue weighted by Crippen LogP contribution is 2.11. The largest absolute Gasteiger partial charge is 0.332 e. The zero-order chi connectivity index (χ0) is 10.8. The third-order valence-corrected chi connectivity index (χ3v) is 3.15. The summed E-state index contributed by atoms with van der Waals surface area (Å²) in [5, 5.41) is 0. The van der Waals surface area contributed by atoms with E-state index >= 15 is 0 Å². The fourth-order valence-electron chi connectivity index (χ4n) is 1.85. The summed E-state index contributed by atoms with van der Waals surface area (Å²) in [5.74, 6) is 0.00403. The molecule has 2 heterocycles. The number of rotatable bonds is 1. The first kappa shape index (κ1) is 10.5. The molecule has 0 aromatic carbocycles. The van der Waals surface area contributed by atoms with E-state index in [9.17, 15) is 4.79 Å². The fraction of sp³-hybridized carbons (Fsp3) is 0.667. The molecule has 1 aromatic rings. The average molecular weight is 226 g/mol. The molecule has 82 valence electrons. The van der Waals surface area contributed by atoms with Crippen molar-refractivity contribution >= 4 is 17.6 Å². The van der Waals surface area contributed by atoms with E-state index in [4.69, 9.17) is 0 Å². The summed E-state index contributed by atoms with van der Waals surface area (Å²) in [6, 6.07) is 0.248. The summed E-state index contributed by atoms with van der Waals surface area (Å²) in [6.07, 6.45) is 1.54. The molecule has 1 aliphatic heterocycles. The minimum absolute atomic E-state index is 0.00403. The first-order chi connectivity index (χ1) is 7.18. The third kappa shape index (κ3) is 2.15. The van der Waals surface area contributed by atoms with Crippen LogP contribution in [0.2, 0.25) is 0 Å². The van der Waals surface area contributed by atoms with Crippen molar-refractivity contribution in [2.45, 2.75) is 13.0 Å². The van der Waals surface area contributed by atoms with Gasteiger partial charge in [0.25, 0.3) is 5.91 Å². The molecule has 1 aromatic heterocycles. The Morgan fingerprint density at radius 1 is 1.60 bits per heavy atom. The molecule has 1 unspecified atom stereocenters. The van der Waals surface area contributed by atoms with Crippen LogP contribution >= 0.6 is 11.7 Å². The maximum absolute atomic E-state index is 12.0. The number of likely N-dealkylation sites (N-methyl/N-ethyl adjacent to an activating group) is 1.